The molecule has 0 N–H and O–H groups in total. The number of ether oxygens (including phenoxy) is 3. The van der Waals surface area contributed by atoms with Gasteiger partial charge in [-0.25, -0.2) is 4.79 Å². The van der Waals surface area contributed by atoms with Gasteiger partial charge in [-0.3, -0.25) is 9.59 Å². The van der Waals surface area contributed by atoms with Crippen molar-refractivity contribution in [2.75, 3.05) is 20.3 Å². The lowest BCUT2D eigenvalue weighted by molar-refractivity contribution is -0.156. The molecule has 2 fully saturated rings. The normalized spacial score (nSPS) is 25.3. The minimum absolute atomic E-state index is 0.235. The number of ketones is 2. The summed E-state index contributed by atoms with van der Waals surface area (Å²) in [7, 11) is 1.12. The SMILES string of the molecule is COC(=O)C(=O)CC(=O)C1CCC2(C1)OCCO2. The highest BCUT2D eigenvalue weighted by atomic mass is 16.7. The van der Waals surface area contributed by atoms with E-state index >= 15 is 0 Å². The third kappa shape index (κ3) is 2.59. The first-order valence-corrected chi connectivity index (χ1v) is 5.98. The highest BCUT2D eigenvalue weighted by Crippen LogP contribution is 2.41. The highest BCUT2D eigenvalue weighted by Gasteiger charge is 2.46. The number of Topliss-reactive ketones (excluding diaryl/α,β-unsaturated/α-hetero) is 2. The van der Waals surface area contributed by atoms with E-state index in [1.807, 2.05) is 0 Å². The van der Waals surface area contributed by atoms with E-state index in [4.69, 9.17) is 9.47 Å². The maximum atomic E-state index is 11.9. The van der Waals surface area contributed by atoms with E-state index in [2.05, 4.69) is 4.74 Å². The molecule has 1 aliphatic heterocycles. The van der Waals surface area contributed by atoms with Gasteiger partial charge in [0.15, 0.2) is 5.79 Å². The van der Waals surface area contributed by atoms with Crippen molar-refractivity contribution in [1.82, 2.24) is 0 Å². The fourth-order valence-electron chi connectivity index (χ4n) is 2.50. The van der Waals surface area contributed by atoms with Crippen LogP contribution in [0.25, 0.3) is 0 Å². The molecule has 0 aromatic heterocycles. The van der Waals surface area contributed by atoms with Crippen LogP contribution in [0.5, 0.6) is 0 Å². The first-order valence-electron chi connectivity index (χ1n) is 5.98. The largest absolute Gasteiger partial charge is 0.463 e. The molecule has 0 aromatic rings. The van der Waals surface area contributed by atoms with Crippen molar-refractivity contribution in [3.05, 3.63) is 0 Å². The average Bonchev–Trinajstić information content (AvgIpc) is 2.99. The molecular weight excluding hydrogens is 240 g/mol. The Morgan fingerprint density at radius 3 is 2.56 bits per heavy atom. The second-order valence-electron chi connectivity index (χ2n) is 4.61. The second-order valence-corrected chi connectivity index (χ2v) is 4.61. The number of hydrogen-bond acceptors (Lipinski definition) is 6. The first-order chi connectivity index (χ1) is 8.56. The number of carbonyl (C=O) groups is 3. The number of esters is 1. The fourth-order valence-corrected chi connectivity index (χ4v) is 2.50. The summed E-state index contributed by atoms with van der Waals surface area (Å²) in [5.74, 6) is -2.89. The summed E-state index contributed by atoms with van der Waals surface area (Å²) in [5.41, 5.74) is 0. The van der Waals surface area contributed by atoms with Gasteiger partial charge in [0, 0.05) is 18.8 Å². The first kappa shape index (κ1) is 13.2. The van der Waals surface area contributed by atoms with E-state index in [0.29, 0.717) is 32.5 Å². The fraction of sp³-hybridized carbons (Fsp3) is 0.750. The smallest absolute Gasteiger partial charge is 0.374 e. The van der Waals surface area contributed by atoms with Gasteiger partial charge < -0.3 is 14.2 Å². The number of methoxy groups -OCH3 is 1. The molecular formula is C12H16O6. The third-order valence-electron chi connectivity index (χ3n) is 3.45. The van der Waals surface area contributed by atoms with E-state index in [0.717, 1.165) is 7.11 Å². The lowest BCUT2D eigenvalue weighted by Crippen LogP contribution is -2.28. The molecule has 0 aromatic carbocycles. The third-order valence-corrected chi connectivity index (χ3v) is 3.45. The summed E-state index contributed by atoms with van der Waals surface area (Å²) in [6.45, 7) is 1.09. The van der Waals surface area contributed by atoms with Crippen molar-refractivity contribution in [2.24, 2.45) is 5.92 Å². The standard InChI is InChI=1S/C12H16O6/c1-16-11(15)10(14)6-9(13)8-2-3-12(7-8)17-4-5-18-12/h8H,2-7H2,1H3. The van der Waals surface area contributed by atoms with E-state index < -0.39 is 24.0 Å². The molecule has 0 amide bonds. The molecule has 1 spiro atoms. The molecule has 1 saturated heterocycles. The Kier molecular flexibility index (Phi) is 3.77. The molecule has 6 heteroatoms. The zero-order valence-electron chi connectivity index (χ0n) is 10.3. The summed E-state index contributed by atoms with van der Waals surface area (Å²) in [6, 6.07) is 0. The Morgan fingerprint density at radius 2 is 1.94 bits per heavy atom. The Hall–Kier alpha value is -1.27. The van der Waals surface area contributed by atoms with Crippen molar-refractivity contribution in [3.63, 3.8) is 0 Å². The lowest BCUT2D eigenvalue weighted by atomic mass is 9.98. The maximum Gasteiger partial charge on any atom is 0.374 e. The van der Waals surface area contributed by atoms with Crippen molar-refractivity contribution in [2.45, 2.75) is 31.5 Å². The Labute approximate surface area is 105 Å². The average molecular weight is 256 g/mol. The van der Waals surface area contributed by atoms with E-state index in [9.17, 15) is 14.4 Å². The minimum atomic E-state index is -0.968. The predicted molar refractivity (Wildman–Crippen MR) is 58.6 cm³/mol. The van der Waals surface area contributed by atoms with Crippen LogP contribution in [0.4, 0.5) is 0 Å². The number of carbonyl (C=O) groups excluding carboxylic acids is 3. The monoisotopic (exact) mass is 256 g/mol. The van der Waals surface area contributed by atoms with Gasteiger partial charge in [-0.05, 0) is 6.42 Å². The topological polar surface area (TPSA) is 78.9 Å². The van der Waals surface area contributed by atoms with Gasteiger partial charge in [-0.15, -0.1) is 0 Å². The van der Waals surface area contributed by atoms with Crippen molar-refractivity contribution >= 4 is 17.5 Å². The molecule has 1 aliphatic carbocycles. The lowest BCUT2D eigenvalue weighted by Gasteiger charge is -2.21. The molecule has 0 bridgehead atoms. The van der Waals surface area contributed by atoms with E-state index in [1.165, 1.54) is 0 Å². The number of hydrogen-bond donors (Lipinski definition) is 0. The van der Waals surface area contributed by atoms with Gasteiger partial charge >= 0.3 is 5.97 Å². The van der Waals surface area contributed by atoms with Gasteiger partial charge in [-0.2, -0.15) is 0 Å². The van der Waals surface area contributed by atoms with Crippen LogP contribution in [-0.2, 0) is 28.6 Å². The molecule has 1 unspecified atom stereocenters. The van der Waals surface area contributed by atoms with Crippen LogP contribution in [0, 0.1) is 5.92 Å². The molecule has 2 aliphatic rings. The van der Waals surface area contributed by atoms with Crippen LogP contribution in [0.1, 0.15) is 25.7 Å². The van der Waals surface area contributed by atoms with Crippen LogP contribution in [0.3, 0.4) is 0 Å². The predicted octanol–water partition coefficient (Wildman–Crippen LogP) is 0.231. The van der Waals surface area contributed by atoms with Crippen LogP contribution in [0.2, 0.25) is 0 Å². The van der Waals surface area contributed by atoms with Crippen LogP contribution < -0.4 is 0 Å². The van der Waals surface area contributed by atoms with Crippen molar-refractivity contribution < 1.29 is 28.6 Å². The highest BCUT2D eigenvalue weighted by molar-refractivity contribution is 6.37. The molecule has 0 radical (unpaired) electrons. The van der Waals surface area contributed by atoms with Crippen molar-refractivity contribution in [3.8, 4) is 0 Å². The van der Waals surface area contributed by atoms with Crippen LogP contribution >= 0.6 is 0 Å². The van der Waals surface area contributed by atoms with Gasteiger partial charge in [0.2, 0.25) is 5.78 Å². The van der Waals surface area contributed by atoms with Gasteiger partial charge in [0.1, 0.15) is 5.78 Å². The van der Waals surface area contributed by atoms with Crippen LogP contribution in [-0.4, -0.2) is 43.6 Å². The molecule has 1 saturated carbocycles. The summed E-state index contributed by atoms with van der Waals surface area (Å²) in [4.78, 5) is 34.1. The maximum absolute atomic E-state index is 11.9. The number of rotatable bonds is 4. The summed E-state index contributed by atoms with van der Waals surface area (Å²) in [6.07, 6.45) is 1.37. The van der Waals surface area contributed by atoms with Gasteiger partial charge in [-0.1, -0.05) is 0 Å². The zero-order valence-corrected chi connectivity index (χ0v) is 10.3. The molecule has 18 heavy (non-hydrogen) atoms. The van der Waals surface area contributed by atoms with Crippen molar-refractivity contribution in [1.29, 1.82) is 0 Å². The summed E-state index contributed by atoms with van der Waals surface area (Å²) < 4.78 is 15.3. The molecule has 100 valence electrons. The van der Waals surface area contributed by atoms with E-state index in [-0.39, 0.29) is 11.7 Å². The Balaban J connectivity index is 1.87. The Bertz CT molecular complexity index is 369. The molecule has 2 rings (SSSR count). The Morgan fingerprint density at radius 1 is 1.28 bits per heavy atom. The zero-order chi connectivity index (χ0) is 13.2. The summed E-state index contributed by atoms with van der Waals surface area (Å²) >= 11 is 0. The molecule has 1 atom stereocenters. The minimum Gasteiger partial charge on any atom is -0.463 e. The summed E-state index contributed by atoms with van der Waals surface area (Å²) in [5, 5.41) is 0. The molecule has 6 nitrogen and oxygen atoms in total. The quantitative estimate of drug-likeness (QED) is 0.407. The van der Waals surface area contributed by atoms with Gasteiger partial charge in [0.25, 0.3) is 0 Å². The van der Waals surface area contributed by atoms with E-state index in [1.54, 1.807) is 0 Å². The van der Waals surface area contributed by atoms with Gasteiger partial charge in [0.05, 0.1) is 26.7 Å². The second kappa shape index (κ2) is 5.16. The van der Waals surface area contributed by atoms with Crippen LogP contribution in [0.15, 0.2) is 0 Å². The molecule has 1 heterocycles.